The number of carbonyl (C=O) groups excluding carboxylic acids is 2. The summed E-state index contributed by atoms with van der Waals surface area (Å²) in [6.07, 6.45) is 0.751. The first-order valence-electron chi connectivity index (χ1n) is 12.8. The monoisotopic (exact) mass is 535 g/mol. The molecule has 2 amide bonds. The first-order valence-corrected chi connectivity index (χ1v) is 14.3. The average molecular weight is 536 g/mol. The standard InChI is InChI=1S/C30H37N3O4S/c1-6-24(4)31-30(35)25(5)32(20-26-14-10-12-22(2)18-26)29(34)21-33(27-15-11-13-23(3)19-27)38(36,37)28-16-8-7-9-17-28/h7-19,24-25H,6,20-21H2,1-5H3,(H,31,35)/t24-,25-/m0/s1. The molecule has 2 atom stereocenters. The second-order valence-electron chi connectivity index (χ2n) is 9.67. The molecule has 38 heavy (non-hydrogen) atoms. The van der Waals surface area contributed by atoms with Gasteiger partial charge >= 0.3 is 0 Å². The topological polar surface area (TPSA) is 86.8 Å². The lowest BCUT2D eigenvalue weighted by atomic mass is 10.1. The van der Waals surface area contributed by atoms with Crippen LogP contribution < -0.4 is 9.62 Å². The van der Waals surface area contributed by atoms with Crippen LogP contribution in [0.25, 0.3) is 0 Å². The lowest BCUT2D eigenvalue weighted by Crippen LogP contribution is -2.52. The number of amides is 2. The fraction of sp³-hybridized carbons (Fsp3) is 0.333. The number of rotatable bonds is 11. The minimum absolute atomic E-state index is 0.0527. The molecule has 3 aromatic carbocycles. The van der Waals surface area contributed by atoms with Gasteiger partial charge < -0.3 is 10.2 Å². The smallest absolute Gasteiger partial charge is 0.264 e. The Labute approximate surface area is 226 Å². The number of hydrogen-bond donors (Lipinski definition) is 1. The van der Waals surface area contributed by atoms with Crippen molar-refractivity contribution >= 4 is 27.5 Å². The van der Waals surface area contributed by atoms with Crippen molar-refractivity contribution in [2.45, 2.75) is 64.6 Å². The molecule has 0 bridgehead atoms. The second-order valence-corrected chi connectivity index (χ2v) is 11.5. The van der Waals surface area contributed by atoms with Crippen molar-refractivity contribution in [2.24, 2.45) is 0 Å². The maximum absolute atomic E-state index is 13.9. The molecule has 0 aromatic heterocycles. The molecule has 0 aliphatic heterocycles. The van der Waals surface area contributed by atoms with Gasteiger partial charge in [0, 0.05) is 12.6 Å². The molecular weight excluding hydrogens is 498 g/mol. The van der Waals surface area contributed by atoms with E-state index in [-0.39, 0.29) is 23.4 Å². The average Bonchev–Trinajstić information content (AvgIpc) is 2.90. The van der Waals surface area contributed by atoms with E-state index in [4.69, 9.17) is 0 Å². The summed E-state index contributed by atoms with van der Waals surface area (Å²) < 4.78 is 28.7. The van der Waals surface area contributed by atoms with E-state index in [2.05, 4.69) is 5.32 Å². The Kier molecular flexibility index (Phi) is 9.69. The fourth-order valence-electron chi connectivity index (χ4n) is 4.09. The van der Waals surface area contributed by atoms with Crippen LogP contribution >= 0.6 is 0 Å². The third-order valence-electron chi connectivity index (χ3n) is 6.50. The van der Waals surface area contributed by atoms with E-state index >= 15 is 0 Å². The van der Waals surface area contributed by atoms with Gasteiger partial charge in [-0.3, -0.25) is 13.9 Å². The minimum atomic E-state index is -4.06. The fourth-order valence-corrected chi connectivity index (χ4v) is 5.51. The predicted molar refractivity (Wildman–Crippen MR) is 151 cm³/mol. The molecule has 8 heteroatoms. The van der Waals surface area contributed by atoms with Crippen molar-refractivity contribution in [3.8, 4) is 0 Å². The van der Waals surface area contributed by atoms with Gasteiger partial charge in [0.25, 0.3) is 10.0 Å². The number of nitrogens with one attached hydrogen (secondary N) is 1. The van der Waals surface area contributed by atoms with Gasteiger partial charge in [-0.25, -0.2) is 8.42 Å². The summed E-state index contributed by atoms with van der Waals surface area (Å²) in [6, 6.07) is 21.9. The molecule has 7 nitrogen and oxygen atoms in total. The van der Waals surface area contributed by atoms with Crippen LogP contribution in [0.2, 0.25) is 0 Å². The molecule has 0 heterocycles. The number of nitrogens with zero attached hydrogens (tertiary/aromatic N) is 2. The summed E-state index contributed by atoms with van der Waals surface area (Å²) in [5.74, 6) is -0.757. The highest BCUT2D eigenvalue weighted by atomic mass is 32.2. The molecule has 0 radical (unpaired) electrons. The lowest BCUT2D eigenvalue weighted by Gasteiger charge is -2.32. The van der Waals surface area contributed by atoms with E-state index in [1.807, 2.05) is 58.0 Å². The summed E-state index contributed by atoms with van der Waals surface area (Å²) in [6.45, 7) is 9.09. The van der Waals surface area contributed by atoms with Gasteiger partial charge in [-0.05, 0) is 69.5 Å². The molecule has 0 saturated heterocycles. The lowest BCUT2D eigenvalue weighted by molar-refractivity contribution is -0.139. The molecule has 0 aliphatic carbocycles. The van der Waals surface area contributed by atoms with Crippen molar-refractivity contribution in [2.75, 3.05) is 10.8 Å². The van der Waals surface area contributed by atoms with E-state index in [9.17, 15) is 18.0 Å². The quantitative estimate of drug-likeness (QED) is 0.381. The maximum atomic E-state index is 13.9. The van der Waals surface area contributed by atoms with Gasteiger partial charge in [0.2, 0.25) is 11.8 Å². The van der Waals surface area contributed by atoms with Gasteiger partial charge in [-0.15, -0.1) is 0 Å². The number of benzene rings is 3. The van der Waals surface area contributed by atoms with Crippen LogP contribution in [0, 0.1) is 13.8 Å². The summed E-state index contributed by atoms with van der Waals surface area (Å²) >= 11 is 0. The molecule has 3 rings (SSSR count). The third-order valence-corrected chi connectivity index (χ3v) is 8.29. The van der Waals surface area contributed by atoms with E-state index in [0.29, 0.717) is 5.69 Å². The zero-order valence-corrected chi connectivity index (χ0v) is 23.5. The number of aryl methyl sites for hydroxylation is 2. The van der Waals surface area contributed by atoms with Crippen LogP contribution in [0.3, 0.4) is 0 Å². The van der Waals surface area contributed by atoms with Crippen LogP contribution in [0.4, 0.5) is 5.69 Å². The first kappa shape index (κ1) is 28.9. The molecule has 0 aliphatic rings. The van der Waals surface area contributed by atoms with Gasteiger partial charge in [0.15, 0.2) is 0 Å². The van der Waals surface area contributed by atoms with E-state index < -0.39 is 28.5 Å². The van der Waals surface area contributed by atoms with Crippen LogP contribution in [0.15, 0.2) is 83.8 Å². The zero-order valence-electron chi connectivity index (χ0n) is 22.7. The normalized spacial score (nSPS) is 12.9. The van der Waals surface area contributed by atoms with Gasteiger partial charge in [0.1, 0.15) is 12.6 Å². The van der Waals surface area contributed by atoms with Gasteiger partial charge in [-0.1, -0.05) is 67.1 Å². The molecule has 1 N–H and O–H groups in total. The molecule has 0 unspecified atom stereocenters. The molecule has 0 fully saturated rings. The summed E-state index contributed by atoms with van der Waals surface area (Å²) in [4.78, 5) is 28.6. The van der Waals surface area contributed by atoms with Crippen LogP contribution in [0.5, 0.6) is 0 Å². The summed E-state index contributed by atoms with van der Waals surface area (Å²) in [7, 11) is -4.06. The van der Waals surface area contributed by atoms with Crippen molar-refractivity contribution in [3.63, 3.8) is 0 Å². The van der Waals surface area contributed by atoms with Gasteiger partial charge in [-0.2, -0.15) is 0 Å². The molecule has 202 valence electrons. The predicted octanol–water partition coefficient (Wildman–Crippen LogP) is 4.83. The van der Waals surface area contributed by atoms with Gasteiger partial charge in [0.05, 0.1) is 10.6 Å². The Bertz CT molecular complexity index is 1360. The highest BCUT2D eigenvalue weighted by molar-refractivity contribution is 7.92. The van der Waals surface area contributed by atoms with E-state index in [1.165, 1.54) is 17.0 Å². The Morgan fingerprint density at radius 1 is 0.868 bits per heavy atom. The number of hydrogen-bond acceptors (Lipinski definition) is 4. The van der Waals surface area contributed by atoms with Crippen molar-refractivity contribution in [1.29, 1.82) is 0 Å². The molecule has 0 saturated carbocycles. The first-order chi connectivity index (χ1) is 18.0. The molecule has 3 aromatic rings. The SMILES string of the molecule is CC[C@H](C)NC(=O)[C@H](C)N(Cc1cccc(C)c1)C(=O)CN(c1cccc(C)c1)S(=O)(=O)c1ccccc1. The maximum Gasteiger partial charge on any atom is 0.264 e. The van der Waals surface area contributed by atoms with Crippen molar-refractivity contribution in [1.82, 2.24) is 10.2 Å². The zero-order chi connectivity index (χ0) is 27.9. The van der Waals surface area contributed by atoms with Crippen LogP contribution in [0.1, 0.15) is 43.9 Å². The van der Waals surface area contributed by atoms with E-state index in [0.717, 1.165) is 27.4 Å². The Balaban J connectivity index is 2.02. The Morgan fingerprint density at radius 3 is 2.11 bits per heavy atom. The molecular formula is C30H37N3O4S. The van der Waals surface area contributed by atoms with E-state index in [1.54, 1.807) is 43.3 Å². The third kappa shape index (κ3) is 7.22. The minimum Gasteiger partial charge on any atom is -0.352 e. The highest BCUT2D eigenvalue weighted by Gasteiger charge is 2.32. The Morgan fingerprint density at radius 2 is 1.50 bits per heavy atom. The molecule has 0 spiro atoms. The second kappa shape index (κ2) is 12.7. The van der Waals surface area contributed by atoms with Crippen LogP contribution in [-0.2, 0) is 26.2 Å². The number of carbonyl (C=O) groups is 2. The summed E-state index contributed by atoms with van der Waals surface area (Å²) in [5.41, 5.74) is 3.13. The Hall–Kier alpha value is -3.65. The van der Waals surface area contributed by atoms with Crippen molar-refractivity contribution < 1.29 is 18.0 Å². The number of anilines is 1. The number of sulfonamides is 1. The largest absolute Gasteiger partial charge is 0.352 e. The van der Waals surface area contributed by atoms with Crippen LogP contribution in [-0.4, -0.2) is 43.8 Å². The highest BCUT2D eigenvalue weighted by Crippen LogP contribution is 2.25. The van der Waals surface area contributed by atoms with Crippen molar-refractivity contribution in [3.05, 3.63) is 95.6 Å². The summed E-state index contributed by atoms with van der Waals surface area (Å²) in [5, 5.41) is 2.95.